The van der Waals surface area contributed by atoms with Crippen LogP contribution in [-0.4, -0.2) is 29.4 Å². The van der Waals surface area contributed by atoms with Crippen LogP contribution in [0.5, 0.6) is 0 Å². The van der Waals surface area contributed by atoms with Gasteiger partial charge in [-0.2, -0.15) is 5.26 Å². The third-order valence-electron chi connectivity index (χ3n) is 4.15. The molecule has 1 aromatic carbocycles. The lowest BCUT2D eigenvalue weighted by Gasteiger charge is -2.35. The number of likely N-dealkylation sites (tertiary alicyclic amines) is 1. The lowest BCUT2D eigenvalue weighted by atomic mass is 10.0. The third-order valence-corrected chi connectivity index (χ3v) is 4.15. The van der Waals surface area contributed by atoms with Gasteiger partial charge < -0.3 is 10.2 Å². The van der Waals surface area contributed by atoms with Gasteiger partial charge in [-0.1, -0.05) is 12.1 Å². The van der Waals surface area contributed by atoms with E-state index in [-0.39, 0.29) is 11.9 Å². The Morgan fingerprint density at radius 1 is 1.43 bits per heavy atom. The number of piperidine rings is 1. The van der Waals surface area contributed by atoms with Gasteiger partial charge in [0.1, 0.15) is 0 Å². The molecule has 4 nitrogen and oxygen atoms in total. The third kappa shape index (κ3) is 4.05. The Bertz CT molecular complexity index is 518. The van der Waals surface area contributed by atoms with E-state index in [4.69, 9.17) is 5.26 Å². The van der Waals surface area contributed by atoms with Crippen LogP contribution in [0.25, 0.3) is 0 Å². The zero-order valence-electron chi connectivity index (χ0n) is 12.8. The van der Waals surface area contributed by atoms with Crippen molar-refractivity contribution in [3.8, 4) is 6.07 Å². The highest BCUT2D eigenvalue weighted by atomic mass is 16.2. The first kappa shape index (κ1) is 15.5. The van der Waals surface area contributed by atoms with Crippen LogP contribution in [0.4, 0.5) is 0 Å². The minimum atomic E-state index is -0.179. The molecule has 2 rings (SSSR count). The SMILES string of the molecule is CC(NCc1ccc(C#N)cc1)C(=O)N1CCCCC1C. The van der Waals surface area contributed by atoms with Crippen LogP contribution < -0.4 is 5.32 Å². The smallest absolute Gasteiger partial charge is 0.239 e. The van der Waals surface area contributed by atoms with Gasteiger partial charge in [0.05, 0.1) is 17.7 Å². The van der Waals surface area contributed by atoms with E-state index in [1.165, 1.54) is 6.42 Å². The number of carbonyl (C=O) groups excluding carboxylic acids is 1. The quantitative estimate of drug-likeness (QED) is 0.924. The predicted molar refractivity (Wildman–Crippen MR) is 82.5 cm³/mol. The largest absolute Gasteiger partial charge is 0.339 e. The van der Waals surface area contributed by atoms with Crippen LogP contribution in [0, 0.1) is 11.3 Å². The molecule has 1 heterocycles. The number of hydrogen-bond acceptors (Lipinski definition) is 3. The normalized spacial score (nSPS) is 19.9. The summed E-state index contributed by atoms with van der Waals surface area (Å²) in [5.74, 6) is 0.191. The van der Waals surface area contributed by atoms with Crippen LogP contribution >= 0.6 is 0 Å². The van der Waals surface area contributed by atoms with Crippen molar-refractivity contribution < 1.29 is 4.79 Å². The predicted octanol–water partition coefficient (Wildman–Crippen LogP) is 2.44. The first-order chi connectivity index (χ1) is 10.1. The highest BCUT2D eigenvalue weighted by Gasteiger charge is 2.26. The highest BCUT2D eigenvalue weighted by molar-refractivity contribution is 5.81. The van der Waals surface area contributed by atoms with E-state index in [0.717, 1.165) is 24.9 Å². The molecular weight excluding hydrogens is 262 g/mol. The van der Waals surface area contributed by atoms with Crippen molar-refractivity contribution in [3.63, 3.8) is 0 Å². The molecule has 2 atom stereocenters. The monoisotopic (exact) mass is 285 g/mol. The maximum Gasteiger partial charge on any atom is 0.239 e. The van der Waals surface area contributed by atoms with E-state index in [0.29, 0.717) is 18.2 Å². The number of carbonyl (C=O) groups is 1. The number of amides is 1. The topological polar surface area (TPSA) is 56.1 Å². The molecule has 21 heavy (non-hydrogen) atoms. The van der Waals surface area contributed by atoms with Crippen LogP contribution in [0.3, 0.4) is 0 Å². The van der Waals surface area contributed by atoms with Gasteiger partial charge >= 0.3 is 0 Å². The summed E-state index contributed by atoms with van der Waals surface area (Å²) in [6.07, 6.45) is 3.44. The molecule has 1 aromatic rings. The summed E-state index contributed by atoms with van der Waals surface area (Å²) in [6.45, 7) is 5.57. The molecule has 0 spiro atoms. The van der Waals surface area contributed by atoms with Gasteiger partial charge in [0, 0.05) is 19.1 Å². The molecule has 0 radical (unpaired) electrons. The molecule has 0 aromatic heterocycles. The lowest BCUT2D eigenvalue weighted by molar-refractivity contribution is -0.136. The number of nitrogens with one attached hydrogen (secondary N) is 1. The fourth-order valence-corrected chi connectivity index (χ4v) is 2.73. The Morgan fingerprint density at radius 3 is 2.76 bits per heavy atom. The van der Waals surface area contributed by atoms with E-state index >= 15 is 0 Å². The van der Waals surface area contributed by atoms with E-state index in [9.17, 15) is 4.79 Å². The molecule has 2 unspecified atom stereocenters. The summed E-state index contributed by atoms with van der Waals surface area (Å²) in [5, 5.41) is 12.1. The minimum Gasteiger partial charge on any atom is -0.339 e. The lowest BCUT2D eigenvalue weighted by Crippen LogP contribution is -2.50. The molecule has 1 saturated heterocycles. The van der Waals surface area contributed by atoms with E-state index < -0.39 is 0 Å². The second-order valence-electron chi connectivity index (χ2n) is 5.79. The van der Waals surface area contributed by atoms with Crippen molar-refractivity contribution in [1.82, 2.24) is 10.2 Å². The number of nitriles is 1. The molecule has 0 saturated carbocycles. The zero-order valence-corrected chi connectivity index (χ0v) is 12.8. The summed E-state index contributed by atoms with van der Waals surface area (Å²) in [7, 11) is 0. The van der Waals surface area contributed by atoms with Crippen molar-refractivity contribution in [2.24, 2.45) is 0 Å². The Balaban J connectivity index is 1.87. The fourth-order valence-electron chi connectivity index (χ4n) is 2.73. The van der Waals surface area contributed by atoms with Crippen molar-refractivity contribution >= 4 is 5.91 Å². The molecule has 1 N–H and O–H groups in total. The van der Waals surface area contributed by atoms with Gasteiger partial charge in [-0.25, -0.2) is 0 Å². The van der Waals surface area contributed by atoms with Crippen molar-refractivity contribution in [1.29, 1.82) is 5.26 Å². The van der Waals surface area contributed by atoms with Gasteiger partial charge in [-0.05, 0) is 50.8 Å². The van der Waals surface area contributed by atoms with E-state index in [1.807, 2.05) is 24.0 Å². The molecule has 0 aliphatic carbocycles. The Labute approximate surface area is 126 Å². The van der Waals surface area contributed by atoms with Crippen molar-refractivity contribution in [2.75, 3.05) is 6.54 Å². The van der Waals surface area contributed by atoms with E-state index in [1.54, 1.807) is 12.1 Å². The van der Waals surface area contributed by atoms with E-state index in [2.05, 4.69) is 18.3 Å². The van der Waals surface area contributed by atoms with Crippen molar-refractivity contribution in [2.45, 2.75) is 51.7 Å². The maximum absolute atomic E-state index is 12.5. The van der Waals surface area contributed by atoms with Gasteiger partial charge in [0.15, 0.2) is 0 Å². The number of rotatable bonds is 4. The van der Waals surface area contributed by atoms with Gasteiger partial charge in [-0.3, -0.25) is 4.79 Å². The number of benzene rings is 1. The Kier molecular flexibility index (Phi) is 5.35. The van der Waals surface area contributed by atoms with Crippen LogP contribution in [0.1, 0.15) is 44.2 Å². The zero-order chi connectivity index (χ0) is 15.2. The van der Waals surface area contributed by atoms with Crippen LogP contribution in [-0.2, 0) is 11.3 Å². The Morgan fingerprint density at radius 2 is 2.14 bits per heavy atom. The summed E-state index contributed by atoms with van der Waals surface area (Å²) in [5.41, 5.74) is 1.74. The maximum atomic E-state index is 12.5. The molecule has 1 amide bonds. The first-order valence-corrected chi connectivity index (χ1v) is 7.64. The van der Waals surface area contributed by atoms with Gasteiger partial charge in [0.25, 0.3) is 0 Å². The molecule has 1 aliphatic heterocycles. The second kappa shape index (κ2) is 7.24. The first-order valence-electron chi connectivity index (χ1n) is 7.64. The fraction of sp³-hybridized carbons (Fsp3) is 0.529. The van der Waals surface area contributed by atoms with Crippen LogP contribution in [0.2, 0.25) is 0 Å². The number of nitrogens with zero attached hydrogens (tertiary/aromatic N) is 2. The van der Waals surface area contributed by atoms with Gasteiger partial charge in [-0.15, -0.1) is 0 Å². The standard InChI is InChI=1S/C17H23N3O/c1-13-5-3-4-10-20(13)17(21)14(2)19-12-16-8-6-15(11-18)7-9-16/h6-9,13-14,19H,3-5,10,12H2,1-2H3. The Hall–Kier alpha value is -1.86. The minimum absolute atomic E-state index is 0.179. The van der Waals surface area contributed by atoms with Gasteiger partial charge in [0.2, 0.25) is 5.91 Å². The second-order valence-corrected chi connectivity index (χ2v) is 5.79. The average Bonchev–Trinajstić information content (AvgIpc) is 2.53. The average molecular weight is 285 g/mol. The molecule has 4 heteroatoms. The molecule has 112 valence electrons. The summed E-state index contributed by atoms with van der Waals surface area (Å²) >= 11 is 0. The molecule has 1 aliphatic rings. The summed E-state index contributed by atoms with van der Waals surface area (Å²) in [6, 6.07) is 9.73. The molecule has 0 bridgehead atoms. The molecular formula is C17H23N3O. The number of hydrogen-bond donors (Lipinski definition) is 1. The molecule has 1 fully saturated rings. The van der Waals surface area contributed by atoms with Crippen LogP contribution in [0.15, 0.2) is 24.3 Å². The summed E-state index contributed by atoms with van der Waals surface area (Å²) < 4.78 is 0. The summed E-state index contributed by atoms with van der Waals surface area (Å²) in [4.78, 5) is 14.5. The highest BCUT2D eigenvalue weighted by Crippen LogP contribution is 2.17. The van der Waals surface area contributed by atoms with Crippen molar-refractivity contribution in [3.05, 3.63) is 35.4 Å².